The molecular weight excluding hydrogens is 414 g/mol. The van der Waals surface area contributed by atoms with Gasteiger partial charge in [0.15, 0.2) is 0 Å². The van der Waals surface area contributed by atoms with Gasteiger partial charge in [-0.05, 0) is 56.1 Å². The highest BCUT2D eigenvalue weighted by molar-refractivity contribution is 5.93. The molecule has 2 aliphatic rings. The van der Waals surface area contributed by atoms with Crippen LogP contribution in [0.3, 0.4) is 0 Å². The van der Waals surface area contributed by atoms with Crippen molar-refractivity contribution in [1.29, 1.82) is 0 Å². The lowest BCUT2D eigenvalue weighted by atomic mass is 10.0. The Hall–Kier alpha value is -2.97. The van der Waals surface area contributed by atoms with Gasteiger partial charge in [-0.3, -0.25) is 14.9 Å². The Labute approximate surface area is 195 Å². The molecule has 2 aliphatic heterocycles. The number of benzene rings is 1. The predicted octanol–water partition coefficient (Wildman–Crippen LogP) is 3.40. The highest BCUT2D eigenvalue weighted by Crippen LogP contribution is 2.29. The quantitative estimate of drug-likeness (QED) is 0.664. The lowest BCUT2D eigenvalue weighted by Crippen LogP contribution is -2.48. The molecule has 2 fully saturated rings. The van der Waals surface area contributed by atoms with E-state index in [4.69, 9.17) is 0 Å². The Bertz CT molecular complexity index is 1130. The molecule has 174 valence electrons. The van der Waals surface area contributed by atoms with Gasteiger partial charge in [-0.2, -0.15) is 5.10 Å². The fraction of sp³-hybridized carbons (Fsp3) is 0.480. The van der Waals surface area contributed by atoms with E-state index in [0.29, 0.717) is 5.82 Å². The molecule has 3 aromatic rings. The number of piperazine rings is 1. The van der Waals surface area contributed by atoms with Crippen molar-refractivity contribution < 1.29 is 4.79 Å². The molecule has 4 heterocycles. The van der Waals surface area contributed by atoms with Crippen molar-refractivity contribution in [2.24, 2.45) is 7.05 Å². The number of fused-ring (bicyclic) bond motifs is 1. The number of urea groups is 1. The van der Waals surface area contributed by atoms with Crippen molar-refractivity contribution in [3.05, 3.63) is 42.4 Å². The number of rotatable bonds is 4. The highest BCUT2D eigenvalue weighted by atomic mass is 16.2. The van der Waals surface area contributed by atoms with Gasteiger partial charge >= 0.3 is 6.03 Å². The van der Waals surface area contributed by atoms with E-state index in [1.165, 1.54) is 30.5 Å². The third kappa shape index (κ3) is 4.86. The van der Waals surface area contributed by atoms with Crippen LogP contribution in [-0.2, 0) is 13.6 Å². The Balaban J connectivity index is 1.37. The van der Waals surface area contributed by atoms with Gasteiger partial charge in [-0.25, -0.2) is 9.78 Å². The third-order valence-corrected chi connectivity index (χ3v) is 6.94. The number of carbonyl (C=O) groups excluding carboxylic acids is 1. The average molecular weight is 448 g/mol. The van der Waals surface area contributed by atoms with Gasteiger partial charge in [0.2, 0.25) is 0 Å². The molecule has 8 heteroatoms. The molecule has 5 rings (SSSR count). The molecule has 0 aliphatic carbocycles. The minimum Gasteiger partial charge on any atom is -0.322 e. The van der Waals surface area contributed by atoms with Gasteiger partial charge in [0, 0.05) is 56.9 Å². The van der Waals surface area contributed by atoms with E-state index in [9.17, 15) is 4.79 Å². The van der Waals surface area contributed by atoms with E-state index in [2.05, 4.69) is 50.4 Å². The van der Waals surface area contributed by atoms with Crippen LogP contribution in [0.5, 0.6) is 0 Å². The van der Waals surface area contributed by atoms with Crippen LogP contribution in [0.25, 0.3) is 21.9 Å². The van der Waals surface area contributed by atoms with Gasteiger partial charge < -0.3 is 9.80 Å². The first-order chi connectivity index (χ1) is 16.1. The number of likely N-dealkylation sites (N-methyl/N-ethyl adjacent to an activating group) is 1. The van der Waals surface area contributed by atoms with Crippen LogP contribution in [0.15, 0.2) is 36.7 Å². The van der Waals surface area contributed by atoms with Crippen LogP contribution >= 0.6 is 0 Å². The average Bonchev–Trinajstić information content (AvgIpc) is 3.19. The zero-order chi connectivity index (χ0) is 22.8. The Kier molecular flexibility index (Phi) is 6.28. The molecule has 0 radical (unpaired) electrons. The van der Waals surface area contributed by atoms with Crippen molar-refractivity contribution in [1.82, 2.24) is 29.5 Å². The molecule has 0 unspecified atom stereocenters. The Morgan fingerprint density at radius 2 is 1.73 bits per heavy atom. The molecule has 2 saturated heterocycles. The maximum atomic E-state index is 12.7. The van der Waals surface area contributed by atoms with Gasteiger partial charge in [0.25, 0.3) is 0 Å². The van der Waals surface area contributed by atoms with E-state index >= 15 is 0 Å². The summed E-state index contributed by atoms with van der Waals surface area (Å²) in [6.07, 6.45) is 7.69. The number of nitrogens with one attached hydrogen (secondary N) is 1. The second-order valence-electron chi connectivity index (χ2n) is 9.32. The minimum atomic E-state index is -0.0813. The molecule has 0 spiro atoms. The SMILES string of the molecule is CN1CCN(C(=O)Nc2cc3cc(-c4cnn(C)c4CN4CCCCC4)ccc3cn2)CC1. The predicted molar refractivity (Wildman–Crippen MR) is 131 cm³/mol. The lowest BCUT2D eigenvalue weighted by Gasteiger charge is -2.32. The van der Waals surface area contributed by atoms with Crippen molar-refractivity contribution >= 4 is 22.6 Å². The molecule has 0 atom stereocenters. The van der Waals surface area contributed by atoms with Crippen molar-refractivity contribution in [2.45, 2.75) is 25.8 Å². The molecule has 33 heavy (non-hydrogen) atoms. The summed E-state index contributed by atoms with van der Waals surface area (Å²) in [6.45, 7) is 6.50. The molecule has 2 aromatic heterocycles. The van der Waals surface area contributed by atoms with Gasteiger partial charge in [-0.15, -0.1) is 0 Å². The minimum absolute atomic E-state index is 0.0813. The standard InChI is InChI=1S/C25H33N7O/c1-29-10-12-32(13-11-29)25(33)28-24-15-21-14-19(6-7-20(21)16-26-24)22-17-27-30(2)23(22)18-31-8-4-3-5-9-31/h6-7,14-17H,3-5,8-13,18H2,1-2H3,(H,26,28,33). The number of hydrogen-bond donors (Lipinski definition) is 1. The van der Waals surface area contributed by atoms with Crippen LogP contribution in [0.2, 0.25) is 0 Å². The second kappa shape index (κ2) is 9.49. The second-order valence-corrected chi connectivity index (χ2v) is 9.32. The smallest absolute Gasteiger partial charge is 0.322 e. The monoisotopic (exact) mass is 447 g/mol. The summed E-state index contributed by atoms with van der Waals surface area (Å²) in [6, 6.07) is 8.30. The van der Waals surface area contributed by atoms with Crippen molar-refractivity contribution in [3.63, 3.8) is 0 Å². The van der Waals surface area contributed by atoms with Crippen molar-refractivity contribution in [2.75, 3.05) is 51.6 Å². The first-order valence-corrected chi connectivity index (χ1v) is 11.9. The van der Waals surface area contributed by atoms with E-state index in [1.807, 2.05) is 35.1 Å². The summed E-state index contributed by atoms with van der Waals surface area (Å²) in [5.41, 5.74) is 3.56. The number of nitrogens with zero attached hydrogens (tertiary/aromatic N) is 6. The molecule has 1 aromatic carbocycles. The summed E-state index contributed by atoms with van der Waals surface area (Å²) in [7, 11) is 4.11. The molecule has 0 bridgehead atoms. The first kappa shape index (κ1) is 21.9. The van der Waals surface area contributed by atoms with Crippen LogP contribution in [0, 0.1) is 0 Å². The number of anilines is 1. The summed E-state index contributed by atoms with van der Waals surface area (Å²) in [5.74, 6) is 0.586. The zero-order valence-corrected chi connectivity index (χ0v) is 19.6. The van der Waals surface area contributed by atoms with E-state index in [-0.39, 0.29) is 6.03 Å². The van der Waals surface area contributed by atoms with Gasteiger partial charge in [0.1, 0.15) is 5.82 Å². The van der Waals surface area contributed by atoms with Crippen molar-refractivity contribution in [3.8, 4) is 11.1 Å². The normalized spacial score (nSPS) is 18.1. The number of aryl methyl sites for hydroxylation is 1. The van der Waals surface area contributed by atoms with Crippen LogP contribution < -0.4 is 5.32 Å². The summed E-state index contributed by atoms with van der Waals surface area (Å²) in [5, 5.41) is 9.66. The summed E-state index contributed by atoms with van der Waals surface area (Å²) < 4.78 is 2.00. The van der Waals surface area contributed by atoms with Gasteiger partial charge in [0.05, 0.1) is 11.9 Å². The molecule has 1 N–H and O–H groups in total. The lowest BCUT2D eigenvalue weighted by molar-refractivity contribution is 0.164. The summed E-state index contributed by atoms with van der Waals surface area (Å²) in [4.78, 5) is 23.8. The molecular formula is C25H33N7O. The number of aromatic nitrogens is 3. The van der Waals surface area contributed by atoms with E-state index in [0.717, 1.165) is 62.1 Å². The number of carbonyl (C=O) groups is 1. The number of amides is 2. The van der Waals surface area contributed by atoms with Crippen LogP contribution in [0.1, 0.15) is 25.0 Å². The highest BCUT2D eigenvalue weighted by Gasteiger charge is 2.20. The summed E-state index contributed by atoms with van der Waals surface area (Å²) >= 11 is 0. The fourth-order valence-corrected chi connectivity index (χ4v) is 4.80. The Morgan fingerprint density at radius 3 is 2.52 bits per heavy atom. The topological polar surface area (TPSA) is 69.5 Å². The van der Waals surface area contributed by atoms with Crippen LogP contribution in [-0.4, -0.2) is 81.8 Å². The zero-order valence-electron chi connectivity index (χ0n) is 19.6. The molecule has 0 saturated carbocycles. The largest absolute Gasteiger partial charge is 0.323 e. The fourth-order valence-electron chi connectivity index (χ4n) is 4.80. The Morgan fingerprint density at radius 1 is 0.939 bits per heavy atom. The third-order valence-electron chi connectivity index (χ3n) is 6.94. The molecule has 2 amide bonds. The van der Waals surface area contributed by atoms with E-state index < -0.39 is 0 Å². The van der Waals surface area contributed by atoms with E-state index in [1.54, 1.807) is 0 Å². The first-order valence-electron chi connectivity index (χ1n) is 11.9. The van der Waals surface area contributed by atoms with Gasteiger partial charge in [-0.1, -0.05) is 18.6 Å². The number of pyridine rings is 1. The number of hydrogen-bond acceptors (Lipinski definition) is 5. The number of likely N-dealkylation sites (tertiary alicyclic amines) is 1. The number of piperidine rings is 1. The van der Waals surface area contributed by atoms with Crippen LogP contribution in [0.4, 0.5) is 10.6 Å². The maximum absolute atomic E-state index is 12.7. The molecule has 8 nitrogen and oxygen atoms in total. The maximum Gasteiger partial charge on any atom is 0.323 e.